The fraction of sp³-hybridized carbons (Fsp3) is 0.500. The molecule has 7 nitrogen and oxygen atoms in total. The number of halogens is 3. The van der Waals surface area contributed by atoms with Crippen LogP contribution in [0, 0.1) is 0 Å². The Hall–Kier alpha value is -2.13. The molecule has 1 amide bonds. The highest BCUT2D eigenvalue weighted by molar-refractivity contribution is 5.75. The van der Waals surface area contributed by atoms with Crippen LogP contribution in [-0.2, 0) is 22.6 Å². The van der Waals surface area contributed by atoms with Gasteiger partial charge in [-0.15, -0.1) is 5.10 Å². The molecule has 0 unspecified atom stereocenters. The molecule has 10 heteroatoms. The second kappa shape index (κ2) is 5.47. The van der Waals surface area contributed by atoms with Crippen LogP contribution in [0.3, 0.4) is 0 Å². The third kappa shape index (κ3) is 5.27. The summed E-state index contributed by atoms with van der Waals surface area (Å²) < 4.78 is 36.3. The van der Waals surface area contributed by atoms with E-state index in [2.05, 4.69) is 10.3 Å². The molecule has 0 radical (unpaired) electrons. The van der Waals surface area contributed by atoms with Gasteiger partial charge in [0, 0.05) is 6.20 Å². The number of nitrogens with zero attached hydrogens (tertiary/aromatic N) is 3. The van der Waals surface area contributed by atoms with Crippen LogP contribution in [0.5, 0.6) is 0 Å². The molecule has 0 bridgehead atoms. The van der Waals surface area contributed by atoms with Crippen molar-refractivity contribution in [3.63, 3.8) is 0 Å². The van der Waals surface area contributed by atoms with Crippen LogP contribution in [0.2, 0.25) is 0 Å². The lowest BCUT2D eigenvalue weighted by Gasteiger charge is -2.07. The number of rotatable bonds is 5. The van der Waals surface area contributed by atoms with E-state index < -0.39 is 31.1 Å². The lowest BCUT2D eigenvalue weighted by atomic mass is 10.3. The Morgan fingerprint density at radius 2 is 2.11 bits per heavy atom. The van der Waals surface area contributed by atoms with E-state index >= 15 is 0 Å². The quantitative estimate of drug-likeness (QED) is 0.754. The van der Waals surface area contributed by atoms with Crippen LogP contribution in [0.4, 0.5) is 13.2 Å². The molecule has 100 valence electrons. The number of amides is 1. The van der Waals surface area contributed by atoms with Crippen LogP contribution in [0.1, 0.15) is 5.69 Å². The van der Waals surface area contributed by atoms with Crippen molar-refractivity contribution in [3.05, 3.63) is 11.9 Å². The summed E-state index contributed by atoms with van der Waals surface area (Å²) in [4.78, 5) is 21.4. The van der Waals surface area contributed by atoms with Crippen LogP contribution < -0.4 is 5.32 Å². The zero-order chi connectivity index (χ0) is 13.8. The average Bonchev–Trinajstić information content (AvgIpc) is 2.60. The number of carboxylic acid groups (broad SMARTS) is 1. The number of carbonyl (C=O) groups excluding carboxylic acids is 1. The number of carbonyl (C=O) groups is 2. The van der Waals surface area contributed by atoms with E-state index in [0.29, 0.717) is 0 Å². The Bertz CT molecular complexity index is 443. The Morgan fingerprint density at radius 1 is 1.44 bits per heavy atom. The van der Waals surface area contributed by atoms with Gasteiger partial charge in [0.25, 0.3) is 0 Å². The molecular weight excluding hydrogens is 257 g/mol. The summed E-state index contributed by atoms with van der Waals surface area (Å²) in [6.45, 7) is -1.88. The second-order valence-electron chi connectivity index (χ2n) is 3.37. The predicted octanol–water partition coefficient (Wildman–Crippen LogP) is -0.416. The summed E-state index contributed by atoms with van der Waals surface area (Å²) in [6.07, 6.45) is -3.67. The van der Waals surface area contributed by atoms with Crippen LogP contribution in [0.25, 0.3) is 0 Å². The Kier molecular flexibility index (Phi) is 4.23. The number of nitrogens with one attached hydrogen (secondary N) is 1. The van der Waals surface area contributed by atoms with E-state index in [9.17, 15) is 22.8 Å². The number of hydrogen-bond donors (Lipinski definition) is 2. The minimum Gasteiger partial charge on any atom is -0.481 e. The van der Waals surface area contributed by atoms with Crippen molar-refractivity contribution in [1.29, 1.82) is 0 Å². The summed E-state index contributed by atoms with van der Waals surface area (Å²) in [5.41, 5.74) is 0.117. The van der Waals surface area contributed by atoms with E-state index in [1.54, 1.807) is 5.32 Å². The fourth-order valence-electron chi connectivity index (χ4n) is 1.05. The normalized spacial score (nSPS) is 11.3. The Balaban J connectivity index is 2.45. The first-order valence-corrected chi connectivity index (χ1v) is 4.70. The van der Waals surface area contributed by atoms with Crippen molar-refractivity contribution in [2.75, 3.05) is 6.54 Å². The van der Waals surface area contributed by atoms with Crippen LogP contribution in [0.15, 0.2) is 6.20 Å². The highest BCUT2D eigenvalue weighted by Gasteiger charge is 2.27. The molecule has 0 fully saturated rings. The SMILES string of the molecule is O=C(O)Cc1cn(CC(=O)NCC(F)(F)F)nn1. The zero-order valence-corrected chi connectivity index (χ0v) is 8.94. The summed E-state index contributed by atoms with van der Waals surface area (Å²) in [7, 11) is 0. The molecule has 0 aliphatic rings. The standard InChI is InChI=1S/C8H9F3N4O3/c9-8(10,11)4-12-6(16)3-15-2-5(13-14-15)1-7(17)18/h2H,1,3-4H2,(H,12,16)(H,17,18). The summed E-state index contributed by atoms with van der Waals surface area (Å²) >= 11 is 0. The maximum atomic E-state index is 11.8. The Morgan fingerprint density at radius 3 is 2.67 bits per heavy atom. The minimum atomic E-state index is -4.48. The first-order valence-electron chi connectivity index (χ1n) is 4.70. The maximum absolute atomic E-state index is 11.8. The van der Waals surface area contributed by atoms with Gasteiger partial charge in [-0.1, -0.05) is 5.21 Å². The molecule has 18 heavy (non-hydrogen) atoms. The summed E-state index contributed by atoms with van der Waals surface area (Å²) in [6, 6.07) is 0. The molecule has 1 aromatic heterocycles. The van der Waals surface area contributed by atoms with Crippen molar-refractivity contribution in [3.8, 4) is 0 Å². The van der Waals surface area contributed by atoms with Gasteiger partial charge in [-0.3, -0.25) is 9.59 Å². The molecule has 0 spiro atoms. The largest absolute Gasteiger partial charge is 0.481 e. The number of alkyl halides is 3. The molecule has 1 rings (SSSR count). The van der Waals surface area contributed by atoms with Crippen molar-refractivity contribution in [1.82, 2.24) is 20.3 Å². The van der Waals surface area contributed by atoms with Crippen molar-refractivity contribution in [2.24, 2.45) is 0 Å². The third-order valence-corrected chi connectivity index (χ3v) is 1.71. The molecule has 0 atom stereocenters. The lowest BCUT2D eigenvalue weighted by molar-refractivity contribution is -0.138. The minimum absolute atomic E-state index is 0.117. The third-order valence-electron chi connectivity index (χ3n) is 1.71. The van der Waals surface area contributed by atoms with E-state index in [1.165, 1.54) is 6.20 Å². The van der Waals surface area contributed by atoms with Crippen molar-refractivity contribution >= 4 is 11.9 Å². The smallest absolute Gasteiger partial charge is 0.405 e. The van der Waals surface area contributed by atoms with E-state index in [-0.39, 0.29) is 12.1 Å². The van der Waals surface area contributed by atoms with Gasteiger partial charge in [-0.2, -0.15) is 13.2 Å². The van der Waals surface area contributed by atoms with Gasteiger partial charge in [-0.25, -0.2) is 4.68 Å². The van der Waals surface area contributed by atoms with Crippen LogP contribution in [-0.4, -0.2) is 44.7 Å². The topological polar surface area (TPSA) is 97.1 Å². The van der Waals surface area contributed by atoms with Gasteiger partial charge in [0.05, 0.1) is 12.1 Å². The zero-order valence-electron chi connectivity index (χ0n) is 8.94. The van der Waals surface area contributed by atoms with E-state index in [4.69, 9.17) is 5.11 Å². The molecule has 1 aromatic rings. The number of aromatic nitrogens is 3. The molecule has 0 aliphatic heterocycles. The highest BCUT2D eigenvalue weighted by atomic mass is 19.4. The summed E-state index contributed by atoms with van der Waals surface area (Å²) in [5, 5.41) is 17.0. The number of hydrogen-bond acceptors (Lipinski definition) is 4. The van der Waals surface area contributed by atoms with Gasteiger partial charge in [0.1, 0.15) is 13.1 Å². The first kappa shape index (κ1) is 13.9. The van der Waals surface area contributed by atoms with Crippen LogP contribution >= 0.6 is 0 Å². The average molecular weight is 266 g/mol. The summed E-state index contributed by atoms with van der Waals surface area (Å²) in [5.74, 6) is -2.01. The maximum Gasteiger partial charge on any atom is 0.405 e. The molecule has 2 N–H and O–H groups in total. The molecular formula is C8H9F3N4O3. The van der Waals surface area contributed by atoms with Gasteiger partial charge < -0.3 is 10.4 Å². The van der Waals surface area contributed by atoms with Crippen molar-refractivity contribution < 1.29 is 27.9 Å². The number of carboxylic acids is 1. The molecule has 0 aromatic carbocycles. The molecule has 1 heterocycles. The fourth-order valence-corrected chi connectivity index (χ4v) is 1.05. The van der Waals surface area contributed by atoms with Gasteiger partial charge in [0.2, 0.25) is 5.91 Å². The van der Waals surface area contributed by atoms with E-state index in [0.717, 1.165) is 4.68 Å². The van der Waals surface area contributed by atoms with Gasteiger partial charge >= 0.3 is 12.1 Å². The van der Waals surface area contributed by atoms with Gasteiger partial charge in [0.15, 0.2) is 0 Å². The van der Waals surface area contributed by atoms with E-state index in [1.807, 2.05) is 0 Å². The highest BCUT2D eigenvalue weighted by Crippen LogP contribution is 2.11. The molecule has 0 aliphatic carbocycles. The first-order chi connectivity index (χ1) is 8.26. The van der Waals surface area contributed by atoms with Crippen molar-refractivity contribution in [2.45, 2.75) is 19.1 Å². The Labute approximate surface area is 98.6 Å². The predicted molar refractivity (Wildman–Crippen MR) is 50.4 cm³/mol. The number of aliphatic carboxylic acids is 1. The van der Waals surface area contributed by atoms with Gasteiger partial charge in [-0.05, 0) is 0 Å². The molecule has 0 saturated heterocycles. The molecule has 0 saturated carbocycles. The monoisotopic (exact) mass is 266 g/mol. The lowest BCUT2D eigenvalue weighted by Crippen LogP contribution is -2.35. The second-order valence-corrected chi connectivity index (χ2v) is 3.37.